The van der Waals surface area contributed by atoms with Gasteiger partial charge < -0.3 is 29.8 Å². The van der Waals surface area contributed by atoms with E-state index in [0.717, 1.165) is 0 Å². The van der Waals surface area contributed by atoms with Crippen LogP contribution in [0.5, 0.6) is 0 Å². The molecule has 2 unspecified atom stereocenters. The van der Waals surface area contributed by atoms with E-state index < -0.39 is 24.3 Å². The van der Waals surface area contributed by atoms with Crippen LogP contribution in [-0.4, -0.2) is 34.3 Å². The van der Waals surface area contributed by atoms with E-state index in [1.54, 1.807) is 0 Å². The second kappa shape index (κ2) is 2.98. The van der Waals surface area contributed by atoms with Gasteiger partial charge in [0.25, 0.3) is 0 Å². The van der Waals surface area contributed by atoms with Gasteiger partial charge in [0.2, 0.25) is 0 Å². The third kappa shape index (κ3) is 1.33. The van der Waals surface area contributed by atoms with Crippen LogP contribution in [-0.2, 0) is 4.79 Å². The van der Waals surface area contributed by atoms with Gasteiger partial charge in [-0.1, -0.05) is 0 Å². The Balaban J connectivity index is 2.77. The van der Waals surface area contributed by atoms with E-state index >= 15 is 0 Å². The van der Waals surface area contributed by atoms with E-state index in [-0.39, 0.29) is 12.8 Å². The first-order chi connectivity index (χ1) is 5.54. The third-order valence-electron chi connectivity index (χ3n) is 1.84. The lowest BCUT2D eigenvalue weighted by molar-refractivity contribution is -0.317. The minimum absolute atomic E-state index is 0.0669. The molecule has 0 aliphatic carbocycles. The molecule has 0 aromatic carbocycles. The highest BCUT2D eigenvalue weighted by Crippen LogP contribution is 2.21. The van der Waals surface area contributed by atoms with E-state index in [9.17, 15) is 19.8 Å². The van der Waals surface area contributed by atoms with Crippen molar-refractivity contribution in [2.24, 2.45) is 0 Å². The monoisotopic (exact) mass is 173 g/mol. The quantitative estimate of drug-likeness (QED) is 0.451. The molecule has 68 valence electrons. The molecule has 1 aliphatic heterocycles. The molecule has 0 spiro atoms. The van der Waals surface area contributed by atoms with Crippen molar-refractivity contribution in [1.29, 1.82) is 0 Å². The van der Waals surface area contributed by atoms with Crippen molar-refractivity contribution < 1.29 is 24.9 Å². The number of aliphatic hydroxyl groups excluding tert-OH is 1. The van der Waals surface area contributed by atoms with Crippen molar-refractivity contribution in [3.05, 3.63) is 0 Å². The Bertz CT molecular complexity index is 216. The van der Waals surface area contributed by atoms with Crippen molar-refractivity contribution in [2.45, 2.75) is 25.1 Å². The van der Waals surface area contributed by atoms with Crippen molar-refractivity contribution in [2.75, 3.05) is 0 Å². The first kappa shape index (κ1) is 8.79. The number of nitrogens with zero attached hydrogens (tertiary/aromatic N) is 1. The lowest BCUT2D eigenvalue weighted by Crippen LogP contribution is -2.54. The van der Waals surface area contributed by atoms with Gasteiger partial charge in [0.1, 0.15) is 12.3 Å². The van der Waals surface area contributed by atoms with Gasteiger partial charge in [0.05, 0.1) is 12.0 Å². The molecule has 1 heterocycles. The minimum Gasteiger partial charge on any atom is -0.548 e. The zero-order valence-corrected chi connectivity index (χ0v) is 6.10. The average molecular weight is 173 g/mol. The molecule has 0 saturated carbocycles. The number of aliphatic hydroxyl groups is 1. The molecule has 1 fully saturated rings. The zero-order chi connectivity index (χ0) is 9.30. The summed E-state index contributed by atoms with van der Waals surface area (Å²) >= 11 is 0. The molecule has 0 aromatic heterocycles. The summed E-state index contributed by atoms with van der Waals surface area (Å²) < 4.78 is 0. The van der Waals surface area contributed by atoms with Gasteiger partial charge >= 0.3 is 0 Å². The largest absolute Gasteiger partial charge is 0.548 e. The summed E-state index contributed by atoms with van der Waals surface area (Å²) in [5.41, 5.74) is 0. The normalized spacial score (nSPS) is 28.9. The average Bonchev–Trinajstić information content (AvgIpc) is 2.30. The lowest BCUT2D eigenvalue weighted by atomic mass is 10.2. The van der Waals surface area contributed by atoms with Gasteiger partial charge in [-0.05, 0) is 12.8 Å². The fourth-order valence-corrected chi connectivity index (χ4v) is 1.27. The third-order valence-corrected chi connectivity index (χ3v) is 1.84. The predicted molar refractivity (Wildman–Crippen MR) is 31.3 cm³/mol. The fourth-order valence-electron chi connectivity index (χ4n) is 1.27. The molecule has 0 radical (unpaired) electrons. The van der Waals surface area contributed by atoms with Crippen LogP contribution in [0.2, 0.25) is 0 Å². The van der Waals surface area contributed by atoms with Gasteiger partial charge in [0, 0.05) is 0 Å². The van der Waals surface area contributed by atoms with Crippen molar-refractivity contribution in [1.82, 2.24) is 4.90 Å². The zero-order valence-electron chi connectivity index (χ0n) is 6.10. The topological polar surface area (TPSA) is 104 Å². The van der Waals surface area contributed by atoms with Crippen LogP contribution in [0.25, 0.3) is 0 Å². The van der Waals surface area contributed by atoms with Gasteiger partial charge in [-0.25, -0.2) is 0 Å². The molecule has 1 N–H and O–H groups in total. The number of carboxylic acid groups (broad SMARTS) is 2. The van der Waals surface area contributed by atoms with Crippen LogP contribution in [0.3, 0.4) is 0 Å². The summed E-state index contributed by atoms with van der Waals surface area (Å²) in [4.78, 5) is 21.0. The highest BCUT2D eigenvalue weighted by atomic mass is 16.4. The summed E-state index contributed by atoms with van der Waals surface area (Å²) in [7, 11) is 0. The van der Waals surface area contributed by atoms with Crippen molar-refractivity contribution >= 4 is 12.1 Å². The van der Waals surface area contributed by atoms with Crippen LogP contribution in [0.15, 0.2) is 0 Å². The fraction of sp³-hybridized carbons (Fsp3) is 0.667. The molecule has 6 heteroatoms. The van der Waals surface area contributed by atoms with E-state index in [1.165, 1.54) is 0 Å². The number of carboxylic acids is 1. The summed E-state index contributed by atoms with van der Waals surface area (Å²) in [6.07, 6.45) is -2.79. The molecule has 1 rings (SSSR count). The molecule has 0 aromatic rings. The van der Waals surface area contributed by atoms with Crippen LogP contribution in [0.1, 0.15) is 12.8 Å². The first-order valence-electron chi connectivity index (χ1n) is 3.42. The number of likely N-dealkylation sites (tertiary alicyclic amines) is 1. The number of aliphatic carboxylic acids is 1. The Kier molecular flexibility index (Phi) is 2.18. The van der Waals surface area contributed by atoms with Crippen LogP contribution in [0.4, 0.5) is 4.79 Å². The van der Waals surface area contributed by atoms with Crippen LogP contribution >= 0.6 is 0 Å². The molecule has 12 heavy (non-hydrogen) atoms. The molecular formula is C6H7NO5-2. The highest BCUT2D eigenvalue weighted by molar-refractivity contribution is 5.77. The maximum absolute atomic E-state index is 10.3. The molecule has 1 amide bonds. The lowest BCUT2D eigenvalue weighted by Gasteiger charge is -2.30. The number of rotatable bonds is 1. The van der Waals surface area contributed by atoms with Gasteiger partial charge in [0.15, 0.2) is 0 Å². The Hall–Kier alpha value is -1.30. The van der Waals surface area contributed by atoms with E-state index in [2.05, 4.69) is 0 Å². The molecule has 0 bridgehead atoms. The SMILES string of the molecule is O=C([O-])C1CCC(O)N1C(=O)[O-]. The first-order valence-corrected chi connectivity index (χ1v) is 3.42. The number of hydrogen-bond acceptors (Lipinski definition) is 5. The number of amides is 1. The molecule has 1 saturated heterocycles. The summed E-state index contributed by atoms with van der Waals surface area (Å²) in [5, 5.41) is 29.6. The molecule has 1 aliphatic rings. The van der Waals surface area contributed by atoms with Crippen LogP contribution in [0, 0.1) is 0 Å². The Morgan fingerprint density at radius 1 is 1.33 bits per heavy atom. The van der Waals surface area contributed by atoms with E-state index in [4.69, 9.17) is 5.11 Å². The van der Waals surface area contributed by atoms with E-state index in [0.29, 0.717) is 4.90 Å². The number of carbonyl (C=O) groups is 2. The molecular weight excluding hydrogens is 166 g/mol. The summed E-state index contributed by atoms with van der Waals surface area (Å²) in [6.45, 7) is 0. The Morgan fingerprint density at radius 2 is 1.92 bits per heavy atom. The highest BCUT2D eigenvalue weighted by Gasteiger charge is 2.32. The van der Waals surface area contributed by atoms with Gasteiger partial charge in [-0.3, -0.25) is 0 Å². The smallest absolute Gasteiger partial charge is 0.139 e. The Morgan fingerprint density at radius 3 is 2.25 bits per heavy atom. The minimum atomic E-state index is -1.69. The second-order valence-electron chi connectivity index (χ2n) is 2.57. The Labute approximate surface area is 68.0 Å². The molecule has 2 atom stereocenters. The van der Waals surface area contributed by atoms with Gasteiger partial charge in [-0.15, -0.1) is 0 Å². The predicted octanol–water partition coefficient (Wildman–Crippen LogP) is -3.14. The number of carbonyl (C=O) groups excluding carboxylic acids is 2. The standard InChI is InChI=1S/C6H9NO5/c8-4-2-1-3(5(9)10)7(4)6(11)12/h3-4,8H,1-2H2,(H,9,10)(H,11,12)/p-2. The van der Waals surface area contributed by atoms with Crippen LogP contribution < -0.4 is 10.2 Å². The second-order valence-corrected chi connectivity index (χ2v) is 2.57. The summed E-state index contributed by atoms with van der Waals surface area (Å²) in [6, 6.07) is -1.27. The maximum atomic E-state index is 10.3. The van der Waals surface area contributed by atoms with Gasteiger partial charge in [-0.2, -0.15) is 0 Å². The molecule has 6 nitrogen and oxygen atoms in total. The van der Waals surface area contributed by atoms with Crippen molar-refractivity contribution in [3.8, 4) is 0 Å². The van der Waals surface area contributed by atoms with Crippen molar-refractivity contribution in [3.63, 3.8) is 0 Å². The summed E-state index contributed by atoms with van der Waals surface area (Å²) in [5.74, 6) is -1.50. The number of hydrogen-bond donors (Lipinski definition) is 1. The van der Waals surface area contributed by atoms with E-state index in [1.807, 2.05) is 0 Å². The maximum Gasteiger partial charge on any atom is 0.139 e.